The van der Waals surface area contributed by atoms with Crippen molar-refractivity contribution in [2.24, 2.45) is 17.8 Å². The van der Waals surface area contributed by atoms with Gasteiger partial charge in [0.05, 0.1) is 13.2 Å². The van der Waals surface area contributed by atoms with Gasteiger partial charge in [0, 0.05) is 31.3 Å². The zero-order valence-electron chi connectivity index (χ0n) is 13.7. The van der Waals surface area contributed by atoms with Crippen molar-refractivity contribution < 1.29 is 9.84 Å². The number of ether oxygens (including phenoxy) is 1. The number of rotatable bonds is 5. The smallest absolute Gasteiger partial charge is 0.120 e. The van der Waals surface area contributed by atoms with E-state index >= 15 is 0 Å². The summed E-state index contributed by atoms with van der Waals surface area (Å²) in [5.74, 6) is 2.70. The molecule has 3 nitrogen and oxygen atoms in total. The van der Waals surface area contributed by atoms with Crippen LogP contribution in [0.5, 0.6) is 5.75 Å². The van der Waals surface area contributed by atoms with Crippen LogP contribution in [-0.4, -0.2) is 31.9 Å². The number of benzene rings is 1. The van der Waals surface area contributed by atoms with Crippen LogP contribution in [0.25, 0.3) is 0 Å². The Hall–Kier alpha value is -1.22. The molecule has 1 fully saturated rings. The van der Waals surface area contributed by atoms with Gasteiger partial charge in [-0.25, -0.2) is 0 Å². The molecule has 0 aromatic heterocycles. The quantitative estimate of drug-likeness (QED) is 0.900. The van der Waals surface area contributed by atoms with E-state index in [0.29, 0.717) is 11.8 Å². The van der Waals surface area contributed by atoms with Crippen LogP contribution in [0.3, 0.4) is 0 Å². The summed E-state index contributed by atoms with van der Waals surface area (Å²) in [6, 6.07) is 8.12. The van der Waals surface area contributed by atoms with Gasteiger partial charge in [0.2, 0.25) is 0 Å². The summed E-state index contributed by atoms with van der Waals surface area (Å²) in [5.41, 5.74) is 1.15. The first-order chi connectivity index (χ1) is 10.0. The molecule has 2 rings (SSSR count). The molecule has 0 spiro atoms. The highest BCUT2D eigenvalue weighted by Crippen LogP contribution is 2.35. The van der Waals surface area contributed by atoms with Crippen LogP contribution in [0.1, 0.15) is 33.1 Å². The fraction of sp³-hybridized carbons (Fsp3) is 0.667. The van der Waals surface area contributed by atoms with Crippen molar-refractivity contribution in [1.82, 2.24) is 0 Å². The lowest BCUT2D eigenvalue weighted by Crippen LogP contribution is -2.38. The molecule has 3 unspecified atom stereocenters. The zero-order chi connectivity index (χ0) is 15.4. The third-order valence-electron chi connectivity index (χ3n) is 4.93. The van der Waals surface area contributed by atoms with E-state index in [4.69, 9.17) is 4.74 Å². The van der Waals surface area contributed by atoms with Gasteiger partial charge in [0.15, 0.2) is 0 Å². The van der Waals surface area contributed by atoms with Crippen molar-refractivity contribution in [1.29, 1.82) is 0 Å². The van der Waals surface area contributed by atoms with E-state index in [1.165, 1.54) is 0 Å². The molecule has 1 N–H and O–H groups in total. The Kier molecular flexibility index (Phi) is 5.51. The van der Waals surface area contributed by atoms with E-state index in [-0.39, 0.29) is 6.10 Å². The molecular formula is C18H29NO2. The average Bonchev–Trinajstić information content (AvgIpc) is 2.49. The van der Waals surface area contributed by atoms with E-state index in [0.717, 1.165) is 43.2 Å². The molecule has 21 heavy (non-hydrogen) atoms. The summed E-state index contributed by atoms with van der Waals surface area (Å²) >= 11 is 0. The third-order valence-corrected chi connectivity index (χ3v) is 4.93. The van der Waals surface area contributed by atoms with Gasteiger partial charge in [-0.1, -0.05) is 19.9 Å². The van der Waals surface area contributed by atoms with Crippen molar-refractivity contribution in [3.63, 3.8) is 0 Å². The van der Waals surface area contributed by atoms with Gasteiger partial charge in [-0.05, 0) is 43.2 Å². The molecule has 0 bridgehead atoms. The number of anilines is 1. The highest BCUT2D eigenvalue weighted by molar-refractivity contribution is 5.50. The van der Waals surface area contributed by atoms with Gasteiger partial charge in [-0.3, -0.25) is 0 Å². The SMILES string of the molecule is COc1cccc(N(C)CC2CC(C(C)C)CCC2O)c1. The predicted octanol–water partition coefficient (Wildman–Crippen LogP) is 3.56. The van der Waals surface area contributed by atoms with Gasteiger partial charge in [-0.15, -0.1) is 0 Å². The normalized spacial score (nSPS) is 25.9. The van der Waals surface area contributed by atoms with Crippen molar-refractivity contribution in [3.8, 4) is 5.75 Å². The lowest BCUT2D eigenvalue weighted by atomic mass is 9.74. The topological polar surface area (TPSA) is 32.7 Å². The Balaban J connectivity index is 2.01. The van der Waals surface area contributed by atoms with E-state index < -0.39 is 0 Å². The van der Waals surface area contributed by atoms with Crippen LogP contribution in [-0.2, 0) is 0 Å². The third kappa shape index (κ3) is 4.13. The summed E-state index contributed by atoms with van der Waals surface area (Å²) in [4.78, 5) is 2.24. The molecule has 1 aromatic rings. The van der Waals surface area contributed by atoms with Crippen LogP contribution in [0.4, 0.5) is 5.69 Å². The van der Waals surface area contributed by atoms with Gasteiger partial charge < -0.3 is 14.7 Å². The monoisotopic (exact) mass is 291 g/mol. The van der Waals surface area contributed by atoms with E-state index in [9.17, 15) is 5.11 Å². The number of nitrogens with zero attached hydrogens (tertiary/aromatic N) is 1. The molecule has 1 saturated carbocycles. The van der Waals surface area contributed by atoms with Gasteiger partial charge >= 0.3 is 0 Å². The molecule has 3 heteroatoms. The Labute approximate surface area is 128 Å². The Morgan fingerprint density at radius 2 is 2.10 bits per heavy atom. The maximum absolute atomic E-state index is 10.3. The minimum absolute atomic E-state index is 0.159. The maximum atomic E-state index is 10.3. The number of aliphatic hydroxyl groups is 1. The number of hydrogen-bond acceptors (Lipinski definition) is 3. The molecule has 0 aliphatic heterocycles. The molecule has 0 amide bonds. The van der Waals surface area contributed by atoms with Crippen molar-refractivity contribution in [2.45, 2.75) is 39.2 Å². The molecule has 118 valence electrons. The predicted molar refractivity (Wildman–Crippen MR) is 87.9 cm³/mol. The van der Waals surface area contributed by atoms with E-state index in [1.807, 2.05) is 12.1 Å². The second-order valence-electron chi connectivity index (χ2n) is 6.73. The maximum Gasteiger partial charge on any atom is 0.120 e. The summed E-state index contributed by atoms with van der Waals surface area (Å²) in [6.07, 6.45) is 3.08. The Morgan fingerprint density at radius 1 is 1.33 bits per heavy atom. The minimum atomic E-state index is -0.159. The first-order valence-electron chi connectivity index (χ1n) is 8.04. The van der Waals surface area contributed by atoms with Crippen molar-refractivity contribution in [2.75, 3.05) is 25.6 Å². The fourth-order valence-corrected chi connectivity index (χ4v) is 3.39. The van der Waals surface area contributed by atoms with Crippen LogP contribution in [0.2, 0.25) is 0 Å². The summed E-state index contributed by atoms with van der Waals surface area (Å²) in [6.45, 7) is 5.49. The van der Waals surface area contributed by atoms with Gasteiger partial charge in [0.1, 0.15) is 5.75 Å². The summed E-state index contributed by atoms with van der Waals surface area (Å²) in [7, 11) is 3.79. The first kappa shape index (κ1) is 16.2. The summed E-state index contributed by atoms with van der Waals surface area (Å²) < 4.78 is 5.29. The van der Waals surface area contributed by atoms with Crippen LogP contribution in [0.15, 0.2) is 24.3 Å². The molecular weight excluding hydrogens is 262 g/mol. The number of methoxy groups -OCH3 is 1. The number of hydrogen-bond donors (Lipinski definition) is 1. The van der Waals surface area contributed by atoms with Crippen molar-refractivity contribution >= 4 is 5.69 Å². The van der Waals surface area contributed by atoms with Crippen LogP contribution in [0, 0.1) is 17.8 Å². The van der Waals surface area contributed by atoms with Crippen LogP contribution < -0.4 is 9.64 Å². The summed E-state index contributed by atoms with van der Waals surface area (Å²) in [5, 5.41) is 10.3. The highest BCUT2D eigenvalue weighted by Gasteiger charge is 2.31. The largest absolute Gasteiger partial charge is 0.497 e. The Morgan fingerprint density at radius 3 is 2.76 bits per heavy atom. The molecule has 1 aliphatic rings. The van der Waals surface area contributed by atoms with E-state index in [1.54, 1.807) is 7.11 Å². The standard InChI is InChI=1S/C18H29NO2/c1-13(2)14-8-9-18(20)15(10-14)12-19(3)16-6-5-7-17(11-16)21-4/h5-7,11,13-15,18,20H,8-10,12H2,1-4H3. The zero-order valence-corrected chi connectivity index (χ0v) is 13.7. The van der Waals surface area contributed by atoms with Crippen LogP contribution >= 0.6 is 0 Å². The van der Waals surface area contributed by atoms with Gasteiger partial charge in [0.25, 0.3) is 0 Å². The fourth-order valence-electron chi connectivity index (χ4n) is 3.39. The first-order valence-corrected chi connectivity index (χ1v) is 8.04. The average molecular weight is 291 g/mol. The second kappa shape index (κ2) is 7.17. The molecule has 0 saturated heterocycles. The lowest BCUT2D eigenvalue weighted by Gasteiger charge is -2.37. The molecule has 1 aliphatic carbocycles. The van der Waals surface area contributed by atoms with Crippen molar-refractivity contribution in [3.05, 3.63) is 24.3 Å². The van der Waals surface area contributed by atoms with E-state index in [2.05, 4.69) is 37.9 Å². The molecule has 1 aromatic carbocycles. The molecule has 0 heterocycles. The molecule has 0 radical (unpaired) electrons. The number of aliphatic hydroxyl groups excluding tert-OH is 1. The second-order valence-corrected chi connectivity index (χ2v) is 6.73. The molecule has 3 atom stereocenters. The lowest BCUT2D eigenvalue weighted by molar-refractivity contribution is 0.0414. The van der Waals surface area contributed by atoms with Gasteiger partial charge in [-0.2, -0.15) is 0 Å². The Bertz CT molecular complexity index is 447. The highest BCUT2D eigenvalue weighted by atomic mass is 16.5. The minimum Gasteiger partial charge on any atom is -0.497 e.